The third kappa shape index (κ3) is 24.2. The standard InChI is InChI=1S/C22H45O4PS/c1-3-4-5-6-7-8-9-10-11-12-13-14-15-17-22(23)18-16-19-25-20-21-26-27(2,24)28/h3-21H2,1-2H3,(H,24,28). The molecule has 6 heteroatoms. The summed E-state index contributed by atoms with van der Waals surface area (Å²) in [7, 11) is 0. The van der Waals surface area contributed by atoms with E-state index in [-0.39, 0.29) is 0 Å². The highest BCUT2D eigenvalue weighted by molar-refractivity contribution is 8.09. The summed E-state index contributed by atoms with van der Waals surface area (Å²) >= 11 is 4.77. The Morgan fingerprint density at radius 1 is 0.750 bits per heavy atom. The molecule has 4 nitrogen and oxygen atoms in total. The van der Waals surface area contributed by atoms with Crippen LogP contribution < -0.4 is 0 Å². The van der Waals surface area contributed by atoms with Crippen molar-refractivity contribution in [1.29, 1.82) is 0 Å². The summed E-state index contributed by atoms with van der Waals surface area (Å²) in [5.41, 5.74) is 0. The molecule has 0 bridgehead atoms. The summed E-state index contributed by atoms with van der Waals surface area (Å²) in [4.78, 5) is 21.2. The van der Waals surface area contributed by atoms with E-state index >= 15 is 0 Å². The zero-order valence-corrected chi connectivity index (χ0v) is 20.2. The monoisotopic (exact) mass is 436 g/mol. The SMILES string of the molecule is CCCCCCCCCCCCCCCC(=O)CCCOCCOP(C)(O)=S. The van der Waals surface area contributed by atoms with E-state index in [1.165, 1.54) is 83.7 Å². The second kappa shape index (κ2) is 20.5. The van der Waals surface area contributed by atoms with Crippen LogP contribution in [0.15, 0.2) is 0 Å². The van der Waals surface area contributed by atoms with E-state index in [0.717, 1.165) is 12.8 Å². The molecule has 28 heavy (non-hydrogen) atoms. The van der Waals surface area contributed by atoms with E-state index in [0.29, 0.717) is 38.4 Å². The molecule has 0 aromatic rings. The second-order valence-electron chi connectivity index (χ2n) is 7.88. The van der Waals surface area contributed by atoms with Crippen LogP contribution >= 0.6 is 6.49 Å². The Morgan fingerprint density at radius 2 is 1.21 bits per heavy atom. The third-order valence-electron chi connectivity index (χ3n) is 4.86. The molecule has 1 atom stereocenters. The summed E-state index contributed by atoms with van der Waals surface area (Å²) in [5, 5.41) is 0. The van der Waals surface area contributed by atoms with Crippen molar-refractivity contribution < 1.29 is 18.9 Å². The van der Waals surface area contributed by atoms with Gasteiger partial charge < -0.3 is 14.2 Å². The number of hydrogen-bond donors (Lipinski definition) is 1. The Hall–Kier alpha value is 0.200. The van der Waals surface area contributed by atoms with Crippen molar-refractivity contribution in [3.63, 3.8) is 0 Å². The van der Waals surface area contributed by atoms with Crippen LogP contribution in [0.3, 0.4) is 0 Å². The third-order valence-corrected chi connectivity index (χ3v) is 5.84. The molecular formula is C22H45O4PS. The summed E-state index contributed by atoms with van der Waals surface area (Å²) < 4.78 is 10.5. The van der Waals surface area contributed by atoms with Crippen LogP contribution in [0, 0.1) is 0 Å². The number of hydrogen-bond acceptors (Lipinski definition) is 4. The van der Waals surface area contributed by atoms with Gasteiger partial charge in [0.15, 0.2) is 6.49 Å². The predicted molar refractivity (Wildman–Crippen MR) is 124 cm³/mol. The average molecular weight is 437 g/mol. The lowest BCUT2D eigenvalue weighted by Crippen LogP contribution is -2.06. The Balaban J connectivity index is 3.20. The molecule has 0 aliphatic carbocycles. The molecule has 1 N–H and O–H groups in total. The van der Waals surface area contributed by atoms with Crippen molar-refractivity contribution in [2.45, 2.75) is 110 Å². The van der Waals surface area contributed by atoms with E-state index in [2.05, 4.69) is 6.92 Å². The molecule has 0 aromatic heterocycles. The summed E-state index contributed by atoms with van der Waals surface area (Å²) in [6.45, 7) is 2.52. The fraction of sp³-hybridized carbons (Fsp3) is 0.955. The highest BCUT2D eigenvalue weighted by atomic mass is 32.5. The van der Waals surface area contributed by atoms with Gasteiger partial charge in [0, 0.05) is 26.1 Å². The number of ether oxygens (including phenoxy) is 1. The topological polar surface area (TPSA) is 55.8 Å². The maximum atomic E-state index is 11.8. The largest absolute Gasteiger partial charge is 0.379 e. The van der Waals surface area contributed by atoms with Crippen LogP contribution in [-0.2, 0) is 25.9 Å². The average Bonchev–Trinajstić information content (AvgIpc) is 2.64. The number of carbonyl (C=O) groups excluding carboxylic acids is 1. The quantitative estimate of drug-likeness (QED) is 0.150. The van der Waals surface area contributed by atoms with Gasteiger partial charge in [-0.3, -0.25) is 4.79 Å². The molecule has 0 amide bonds. The highest BCUT2D eigenvalue weighted by Gasteiger charge is 2.04. The molecule has 0 aromatic carbocycles. The minimum atomic E-state index is -2.57. The Labute approximate surface area is 179 Å². The molecule has 0 aliphatic rings. The molecule has 0 heterocycles. The normalized spacial score (nSPS) is 13.5. The zero-order chi connectivity index (χ0) is 20.9. The maximum Gasteiger partial charge on any atom is 0.183 e. The van der Waals surface area contributed by atoms with Crippen molar-refractivity contribution in [1.82, 2.24) is 0 Å². The molecule has 0 saturated heterocycles. The smallest absolute Gasteiger partial charge is 0.183 e. The van der Waals surface area contributed by atoms with E-state index < -0.39 is 6.49 Å². The van der Waals surface area contributed by atoms with E-state index in [1.54, 1.807) is 0 Å². The number of carbonyl (C=O) groups is 1. The summed E-state index contributed by atoms with van der Waals surface area (Å²) in [6.07, 6.45) is 19.4. The van der Waals surface area contributed by atoms with Crippen molar-refractivity contribution in [2.75, 3.05) is 26.5 Å². The summed E-state index contributed by atoms with van der Waals surface area (Å²) in [6, 6.07) is 0. The molecular weight excluding hydrogens is 391 g/mol. The van der Waals surface area contributed by atoms with Crippen LogP contribution in [0.25, 0.3) is 0 Å². The fourth-order valence-electron chi connectivity index (χ4n) is 3.20. The van der Waals surface area contributed by atoms with Gasteiger partial charge >= 0.3 is 0 Å². The molecule has 0 fully saturated rings. The number of ketones is 1. The van der Waals surface area contributed by atoms with Crippen LogP contribution in [-0.4, -0.2) is 37.2 Å². The molecule has 0 saturated carbocycles. The van der Waals surface area contributed by atoms with Crippen LogP contribution in [0.4, 0.5) is 0 Å². The summed E-state index contributed by atoms with van der Waals surface area (Å²) in [5.74, 6) is 0.349. The van der Waals surface area contributed by atoms with Crippen molar-refractivity contribution >= 4 is 24.1 Å². The lowest BCUT2D eigenvalue weighted by Gasteiger charge is -2.10. The maximum absolute atomic E-state index is 11.8. The predicted octanol–water partition coefficient (Wildman–Crippen LogP) is 6.78. The second-order valence-corrected chi connectivity index (χ2v) is 11.8. The Bertz CT molecular complexity index is 398. The molecule has 1 unspecified atom stereocenters. The number of Topliss-reactive ketones (excluding diaryl/α,β-unsaturated/α-hetero) is 1. The van der Waals surface area contributed by atoms with Crippen LogP contribution in [0.2, 0.25) is 0 Å². The van der Waals surface area contributed by atoms with E-state index in [9.17, 15) is 9.69 Å². The van der Waals surface area contributed by atoms with E-state index in [1.807, 2.05) is 0 Å². The molecule has 0 spiro atoms. The van der Waals surface area contributed by atoms with Crippen molar-refractivity contribution in [3.05, 3.63) is 0 Å². The lowest BCUT2D eigenvalue weighted by atomic mass is 10.0. The minimum absolute atomic E-state index is 0.317. The first kappa shape index (κ1) is 28.2. The first-order valence-electron chi connectivity index (χ1n) is 11.5. The lowest BCUT2D eigenvalue weighted by molar-refractivity contribution is -0.119. The van der Waals surface area contributed by atoms with Gasteiger partial charge in [0.1, 0.15) is 5.78 Å². The minimum Gasteiger partial charge on any atom is -0.379 e. The van der Waals surface area contributed by atoms with Crippen LogP contribution in [0.1, 0.15) is 110 Å². The molecule has 0 radical (unpaired) electrons. The van der Waals surface area contributed by atoms with Crippen molar-refractivity contribution in [2.24, 2.45) is 0 Å². The van der Waals surface area contributed by atoms with Gasteiger partial charge in [-0.25, -0.2) is 0 Å². The molecule has 168 valence electrons. The van der Waals surface area contributed by atoms with Gasteiger partial charge in [0.2, 0.25) is 0 Å². The molecule has 0 aliphatic heterocycles. The van der Waals surface area contributed by atoms with Gasteiger partial charge in [-0.1, -0.05) is 84.0 Å². The number of rotatable bonds is 22. The van der Waals surface area contributed by atoms with Gasteiger partial charge in [0.05, 0.1) is 13.2 Å². The first-order chi connectivity index (χ1) is 13.5. The van der Waals surface area contributed by atoms with Gasteiger partial charge in [-0.2, -0.15) is 0 Å². The first-order valence-corrected chi connectivity index (χ1v) is 14.6. The van der Waals surface area contributed by atoms with Gasteiger partial charge in [0.25, 0.3) is 0 Å². The van der Waals surface area contributed by atoms with Crippen LogP contribution in [0.5, 0.6) is 0 Å². The van der Waals surface area contributed by atoms with E-state index in [4.69, 9.17) is 21.1 Å². The fourth-order valence-corrected chi connectivity index (χ4v) is 3.84. The number of unbranched alkanes of at least 4 members (excludes halogenated alkanes) is 12. The molecule has 0 rings (SSSR count). The van der Waals surface area contributed by atoms with Gasteiger partial charge in [-0.05, 0) is 24.6 Å². The zero-order valence-electron chi connectivity index (χ0n) is 18.5. The Kier molecular flexibility index (Phi) is 20.6. The Morgan fingerprint density at radius 3 is 1.71 bits per heavy atom. The van der Waals surface area contributed by atoms with Gasteiger partial charge in [-0.15, -0.1) is 0 Å². The highest BCUT2D eigenvalue weighted by Crippen LogP contribution is 2.36. The van der Waals surface area contributed by atoms with Crippen molar-refractivity contribution in [3.8, 4) is 0 Å².